The van der Waals surface area contributed by atoms with Crippen molar-refractivity contribution in [3.05, 3.63) is 59.7 Å². The van der Waals surface area contributed by atoms with Gasteiger partial charge in [-0.2, -0.15) is 0 Å². The predicted octanol–water partition coefficient (Wildman–Crippen LogP) is 2.86. The van der Waals surface area contributed by atoms with Crippen LogP contribution in [0.15, 0.2) is 48.5 Å². The fourth-order valence-electron chi connectivity index (χ4n) is 4.04. The van der Waals surface area contributed by atoms with Crippen LogP contribution in [-0.2, 0) is 11.2 Å². The number of fused-ring (bicyclic) bond motifs is 1. The van der Waals surface area contributed by atoms with Gasteiger partial charge in [-0.25, -0.2) is 0 Å². The summed E-state index contributed by atoms with van der Waals surface area (Å²) in [6.07, 6.45) is 0.922. The van der Waals surface area contributed by atoms with Crippen LogP contribution in [0.3, 0.4) is 0 Å². The maximum absolute atomic E-state index is 12.9. The van der Waals surface area contributed by atoms with Gasteiger partial charge in [-0.1, -0.05) is 24.3 Å². The largest absolute Gasteiger partial charge is 0.480 e. The molecule has 0 saturated carbocycles. The smallest absolute Gasteiger partial charge is 0.265 e. The van der Waals surface area contributed by atoms with Crippen LogP contribution in [0, 0.1) is 5.92 Å². The molecule has 3 N–H and O–H groups in total. The molecular formula is C22H26ClN3O3. The Hall–Kier alpha value is -2.57. The molecule has 1 fully saturated rings. The summed E-state index contributed by atoms with van der Waals surface area (Å²) < 4.78 is 5.74. The number of nitrogens with zero attached hydrogens (tertiary/aromatic N) is 1. The van der Waals surface area contributed by atoms with Crippen LogP contribution in [0.5, 0.6) is 5.75 Å². The maximum Gasteiger partial charge on any atom is 0.265 e. The zero-order valence-electron chi connectivity index (χ0n) is 16.3. The van der Waals surface area contributed by atoms with Gasteiger partial charge in [0.05, 0.1) is 0 Å². The highest BCUT2D eigenvalue weighted by molar-refractivity contribution is 5.99. The molecule has 1 saturated heterocycles. The monoisotopic (exact) mass is 415 g/mol. The number of anilines is 1. The number of hydrogen-bond acceptors (Lipinski definition) is 4. The van der Waals surface area contributed by atoms with E-state index in [4.69, 9.17) is 10.5 Å². The standard InChI is InChI=1S/C22H25N3O3.ClH/c1-14-9-15(12-23)13-25(14)22(27)17-6-4-7-18(10-17)24-21(26)20-11-16-5-2-3-8-19(16)28-20;/h2-8,10,14-15,20H,9,11-13,23H2,1H3,(H,24,26);1H. The summed E-state index contributed by atoms with van der Waals surface area (Å²) in [7, 11) is 0. The van der Waals surface area contributed by atoms with Crippen LogP contribution in [0.1, 0.15) is 29.3 Å². The molecule has 2 heterocycles. The van der Waals surface area contributed by atoms with Gasteiger partial charge in [-0.3, -0.25) is 9.59 Å². The summed E-state index contributed by atoms with van der Waals surface area (Å²) in [5, 5.41) is 2.88. The van der Waals surface area contributed by atoms with Crippen LogP contribution >= 0.6 is 12.4 Å². The van der Waals surface area contributed by atoms with Gasteiger partial charge < -0.3 is 20.7 Å². The van der Waals surface area contributed by atoms with E-state index >= 15 is 0 Å². The Balaban J connectivity index is 0.00000240. The lowest BCUT2D eigenvalue weighted by molar-refractivity contribution is -0.122. The van der Waals surface area contributed by atoms with E-state index in [1.807, 2.05) is 36.1 Å². The van der Waals surface area contributed by atoms with E-state index in [0.29, 0.717) is 36.7 Å². The molecule has 2 aromatic rings. The van der Waals surface area contributed by atoms with Gasteiger partial charge in [-0.15, -0.1) is 12.4 Å². The first-order valence-electron chi connectivity index (χ1n) is 9.71. The Kier molecular flexibility index (Phi) is 6.45. The third-order valence-electron chi connectivity index (χ3n) is 5.57. The fourth-order valence-corrected chi connectivity index (χ4v) is 4.04. The molecule has 0 aromatic heterocycles. The van der Waals surface area contributed by atoms with Crippen molar-refractivity contribution >= 4 is 29.9 Å². The molecule has 29 heavy (non-hydrogen) atoms. The number of halogens is 1. The molecule has 7 heteroatoms. The minimum Gasteiger partial charge on any atom is -0.480 e. The van der Waals surface area contributed by atoms with Crippen LogP contribution in [0.4, 0.5) is 5.69 Å². The van der Waals surface area contributed by atoms with Gasteiger partial charge in [0.1, 0.15) is 5.75 Å². The van der Waals surface area contributed by atoms with E-state index in [-0.39, 0.29) is 30.3 Å². The topological polar surface area (TPSA) is 84.7 Å². The van der Waals surface area contributed by atoms with Crippen molar-refractivity contribution in [2.45, 2.75) is 31.9 Å². The van der Waals surface area contributed by atoms with Gasteiger partial charge >= 0.3 is 0 Å². The Labute approximate surface area is 176 Å². The van der Waals surface area contributed by atoms with Gasteiger partial charge in [0.15, 0.2) is 6.10 Å². The first-order chi connectivity index (χ1) is 13.5. The molecule has 2 aliphatic rings. The summed E-state index contributed by atoms with van der Waals surface area (Å²) in [6.45, 7) is 3.32. The second-order valence-electron chi connectivity index (χ2n) is 7.63. The lowest BCUT2D eigenvalue weighted by Crippen LogP contribution is -2.34. The predicted molar refractivity (Wildman–Crippen MR) is 115 cm³/mol. The van der Waals surface area contributed by atoms with Crippen molar-refractivity contribution in [2.75, 3.05) is 18.4 Å². The summed E-state index contributed by atoms with van der Waals surface area (Å²) in [5.41, 5.74) is 7.96. The molecule has 3 atom stereocenters. The van der Waals surface area contributed by atoms with Crippen LogP contribution in [0.2, 0.25) is 0 Å². The summed E-state index contributed by atoms with van der Waals surface area (Å²) >= 11 is 0. The second-order valence-corrected chi connectivity index (χ2v) is 7.63. The Bertz CT molecular complexity index is 879. The third kappa shape index (κ3) is 4.38. The fraction of sp³-hybridized carbons (Fsp3) is 0.364. The van der Waals surface area contributed by atoms with Crippen molar-refractivity contribution in [3.8, 4) is 5.75 Å². The Morgan fingerprint density at radius 2 is 2.00 bits per heavy atom. The Morgan fingerprint density at radius 1 is 1.21 bits per heavy atom. The molecule has 2 aliphatic heterocycles. The highest BCUT2D eigenvalue weighted by Crippen LogP contribution is 2.29. The number of hydrogen-bond donors (Lipinski definition) is 2. The molecule has 0 aliphatic carbocycles. The number of nitrogens with one attached hydrogen (secondary N) is 1. The van der Waals surface area contributed by atoms with E-state index in [9.17, 15) is 9.59 Å². The maximum atomic E-state index is 12.9. The molecule has 0 radical (unpaired) electrons. The number of likely N-dealkylation sites (tertiary alicyclic amines) is 1. The summed E-state index contributed by atoms with van der Waals surface area (Å²) in [5.74, 6) is 0.870. The number of amides is 2. The number of carbonyl (C=O) groups is 2. The molecule has 4 rings (SSSR count). The number of rotatable bonds is 4. The minimum atomic E-state index is -0.555. The average Bonchev–Trinajstić information content (AvgIpc) is 3.31. The van der Waals surface area contributed by atoms with E-state index in [1.165, 1.54) is 0 Å². The third-order valence-corrected chi connectivity index (χ3v) is 5.57. The zero-order valence-corrected chi connectivity index (χ0v) is 17.2. The molecule has 0 bridgehead atoms. The first-order valence-corrected chi connectivity index (χ1v) is 9.71. The molecule has 6 nitrogen and oxygen atoms in total. The van der Waals surface area contributed by atoms with E-state index in [1.54, 1.807) is 24.3 Å². The number of carbonyl (C=O) groups excluding carboxylic acids is 2. The van der Waals surface area contributed by atoms with Gasteiger partial charge in [0, 0.05) is 30.3 Å². The van der Waals surface area contributed by atoms with Gasteiger partial charge in [-0.05, 0) is 55.6 Å². The summed E-state index contributed by atoms with van der Waals surface area (Å²) in [4.78, 5) is 27.4. The van der Waals surface area contributed by atoms with E-state index in [2.05, 4.69) is 5.32 Å². The Morgan fingerprint density at radius 3 is 2.72 bits per heavy atom. The van der Waals surface area contributed by atoms with Crippen molar-refractivity contribution in [3.63, 3.8) is 0 Å². The lowest BCUT2D eigenvalue weighted by Gasteiger charge is -2.22. The number of benzene rings is 2. The van der Waals surface area contributed by atoms with Crippen LogP contribution in [-0.4, -0.2) is 41.9 Å². The van der Waals surface area contributed by atoms with Crippen LogP contribution < -0.4 is 15.8 Å². The van der Waals surface area contributed by atoms with Crippen molar-refractivity contribution in [2.24, 2.45) is 11.7 Å². The number of nitrogens with two attached hydrogens (primary N) is 1. The second kappa shape index (κ2) is 8.84. The van der Waals surface area contributed by atoms with Gasteiger partial charge in [0.2, 0.25) is 0 Å². The summed E-state index contributed by atoms with van der Waals surface area (Å²) in [6, 6.07) is 14.9. The highest BCUT2D eigenvalue weighted by atomic mass is 35.5. The normalized spacial score (nSPS) is 22.4. The molecule has 0 spiro atoms. The number of para-hydroxylation sites is 1. The number of ether oxygens (including phenoxy) is 1. The van der Waals surface area contributed by atoms with E-state index < -0.39 is 6.10 Å². The molecule has 2 amide bonds. The lowest BCUT2D eigenvalue weighted by atomic mass is 10.1. The molecule has 2 aromatic carbocycles. The van der Waals surface area contributed by atoms with Gasteiger partial charge in [0.25, 0.3) is 11.8 Å². The SMILES string of the molecule is CC1CC(CN)CN1C(=O)c1cccc(NC(=O)C2Cc3ccccc3O2)c1.Cl. The molecular weight excluding hydrogens is 390 g/mol. The quantitative estimate of drug-likeness (QED) is 0.804. The average molecular weight is 416 g/mol. The zero-order chi connectivity index (χ0) is 19.7. The van der Waals surface area contributed by atoms with Crippen molar-refractivity contribution in [1.82, 2.24) is 4.90 Å². The minimum absolute atomic E-state index is 0. The van der Waals surface area contributed by atoms with E-state index in [0.717, 1.165) is 17.7 Å². The first kappa shape index (κ1) is 21.1. The van der Waals surface area contributed by atoms with Crippen molar-refractivity contribution < 1.29 is 14.3 Å². The van der Waals surface area contributed by atoms with Crippen LogP contribution in [0.25, 0.3) is 0 Å². The molecule has 3 unspecified atom stereocenters. The molecule has 154 valence electrons. The highest BCUT2D eigenvalue weighted by Gasteiger charge is 2.32. The van der Waals surface area contributed by atoms with Crippen molar-refractivity contribution in [1.29, 1.82) is 0 Å².